The Balaban J connectivity index is 1.97. The summed E-state index contributed by atoms with van der Waals surface area (Å²) in [4.78, 5) is 4.35. The zero-order valence-corrected chi connectivity index (χ0v) is 12.7. The van der Waals surface area contributed by atoms with Gasteiger partial charge in [0.05, 0.1) is 15.1 Å². The lowest BCUT2D eigenvalue weighted by atomic mass is 10.2. The van der Waals surface area contributed by atoms with E-state index >= 15 is 0 Å². The lowest BCUT2D eigenvalue weighted by molar-refractivity contribution is 0.482. The van der Waals surface area contributed by atoms with E-state index in [1.165, 1.54) is 0 Å². The van der Waals surface area contributed by atoms with Crippen molar-refractivity contribution in [1.29, 1.82) is 0 Å². The van der Waals surface area contributed by atoms with E-state index in [1.54, 1.807) is 42.5 Å². The molecule has 0 bridgehead atoms. The van der Waals surface area contributed by atoms with E-state index in [2.05, 4.69) is 9.71 Å². The fraction of sp³-hybridized carbons (Fsp3) is 0.0714. The van der Waals surface area contributed by atoms with E-state index in [1.807, 2.05) is 6.92 Å². The second-order valence-electron chi connectivity index (χ2n) is 4.56. The fourth-order valence-corrected chi connectivity index (χ4v) is 3.98. The number of sulfonamides is 1. The smallest absolute Gasteiger partial charge is 0.263 e. The van der Waals surface area contributed by atoms with Crippen molar-refractivity contribution in [2.24, 2.45) is 0 Å². The minimum atomic E-state index is -3.67. The second kappa shape index (κ2) is 5.01. The van der Waals surface area contributed by atoms with Gasteiger partial charge in [-0.1, -0.05) is 35.1 Å². The molecule has 3 rings (SSSR count). The highest BCUT2D eigenvalue weighted by molar-refractivity contribution is 7.93. The van der Waals surface area contributed by atoms with Gasteiger partial charge in [-0.05, 0) is 31.2 Å². The molecule has 0 saturated heterocycles. The molecule has 21 heavy (non-hydrogen) atoms. The highest BCUT2D eigenvalue weighted by Gasteiger charge is 2.17. The van der Waals surface area contributed by atoms with E-state index in [-0.39, 0.29) is 15.8 Å². The summed E-state index contributed by atoms with van der Waals surface area (Å²) in [5.41, 5.74) is 1.54. The van der Waals surface area contributed by atoms with E-state index in [0.29, 0.717) is 10.2 Å². The number of thiazole rings is 1. The number of aromatic nitrogens is 1. The van der Waals surface area contributed by atoms with Crippen LogP contribution in [0.2, 0.25) is 0 Å². The van der Waals surface area contributed by atoms with Crippen molar-refractivity contribution in [3.05, 3.63) is 48.0 Å². The minimum Gasteiger partial charge on any atom is -0.506 e. The standard InChI is InChI=1S/C14H12N2O3S2/c1-9-5-7-10(8-6-9)21(18,19)16-14-15-11-3-2-4-12(17)13(11)20-14/h2-8,17H,1H3,(H,15,16). The first-order chi connectivity index (χ1) is 9.95. The molecule has 0 saturated carbocycles. The number of nitrogens with zero attached hydrogens (tertiary/aromatic N) is 1. The van der Waals surface area contributed by atoms with Gasteiger partial charge in [0, 0.05) is 0 Å². The van der Waals surface area contributed by atoms with Crippen LogP contribution >= 0.6 is 11.3 Å². The van der Waals surface area contributed by atoms with Crippen molar-refractivity contribution < 1.29 is 13.5 Å². The second-order valence-corrected chi connectivity index (χ2v) is 7.24. The van der Waals surface area contributed by atoms with Crippen LogP contribution in [0.25, 0.3) is 10.2 Å². The normalized spacial score (nSPS) is 11.7. The molecule has 108 valence electrons. The average molecular weight is 320 g/mol. The van der Waals surface area contributed by atoms with Crippen LogP contribution in [-0.2, 0) is 10.0 Å². The molecule has 0 aliphatic rings. The van der Waals surface area contributed by atoms with Crippen molar-refractivity contribution in [2.75, 3.05) is 4.72 Å². The number of aryl methyl sites for hydroxylation is 1. The van der Waals surface area contributed by atoms with Crippen LogP contribution in [0.4, 0.5) is 5.13 Å². The van der Waals surface area contributed by atoms with Gasteiger partial charge in [0.2, 0.25) is 0 Å². The molecule has 0 aliphatic heterocycles. The van der Waals surface area contributed by atoms with Crippen LogP contribution in [0.3, 0.4) is 0 Å². The van der Waals surface area contributed by atoms with E-state index < -0.39 is 10.0 Å². The number of rotatable bonds is 3. The number of hydrogen-bond acceptors (Lipinski definition) is 5. The van der Waals surface area contributed by atoms with Gasteiger partial charge in [0.1, 0.15) is 5.75 Å². The van der Waals surface area contributed by atoms with Gasteiger partial charge < -0.3 is 5.11 Å². The van der Waals surface area contributed by atoms with E-state index in [4.69, 9.17) is 0 Å². The van der Waals surface area contributed by atoms with Gasteiger partial charge in [-0.15, -0.1) is 0 Å². The molecular formula is C14H12N2O3S2. The molecule has 0 atom stereocenters. The van der Waals surface area contributed by atoms with Crippen molar-refractivity contribution in [1.82, 2.24) is 4.98 Å². The SMILES string of the molecule is Cc1ccc(S(=O)(=O)Nc2nc3cccc(O)c3s2)cc1. The lowest BCUT2D eigenvalue weighted by Crippen LogP contribution is -2.12. The molecule has 2 aromatic carbocycles. The molecule has 0 radical (unpaired) electrons. The summed E-state index contributed by atoms with van der Waals surface area (Å²) < 4.78 is 27.5. The van der Waals surface area contributed by atoms with Gasteiger partial charge in [-0.25, -0.2) is 13.4 Å². The average Bonchev–Trinajstić information content (AvgIpc) is 2.82. The molecule has 0 fully saturated rings. The van der Waals surface area contributed by atoms with Crippen LogP contribution in [0, 0.1) is 6.92 Å². The molecule has 1 heterocycles. The molecule has 0 spiro atoms. The topological polar surface area (TPSA) is 79.3 Å². The van der Waals surface area contributed by atoms with Crippen molar-refractivity contribution in [3.63, 3.8) is 0 Å². The molecule has 0 unspecified atom stereocenters. The molecule has 0 aliphatic carbocycles. The van der Waals surface area contributed by atoms with E-state index in [0.717, 1.165) is 16.9 Å². The Hall–Kier alpha value is -2.12. The summed E-state index contributed by atoms with van der Waals surface area (Å²) in [6.45, 7) is 1.89. The lowest BCUT2D eigenvalue weighted by Gasteiger charge is -2.04. The number of benzene rings is 2. The molecule has 0 amide bonds. The number of nitrogens with one attached hydrogen (secondary N) is 1. The van der Waals surface area contributed by atoms with Crippen LogP contribution in [0.15, 0.2) is 47.4 Å². The van der Waals surface area contributed by atoms with Crippen LogP contribution in [0.1, 0.15) is 5.56 Å². The largest absolute Gasteiger partial charge is 0.506 e. The van der Waals surface area contributed by atoms with Gasteiger partial charge in [0.15, 0.2) is 5.13 Å². The molecule has 1 aromatic heterocycles. The Morgan fingerprint density at radius 1 is 1.14 bits per heavy atom. The van der Waals surface area contributed by atoms with Crippen molar-refractivity contribution in [3.8, 4) is 5.75 Å². The molecule has 2 N–H and O–H groups in total. The quantitative estimate of drug-likeness (QED) is 0.777. The summed E-state index contributed by atoms with van der Waals surface area (Å²) in [6.07, 6.45) is 0. The Morgan fingerprint density at radius 2 is 1.86 bits per heavy atom. The monoisotopic (exact) mass is 320 g/mol. The first-order valence-electron chi connectivity index (χ1n) is 6.14. The summed E-state index contributed by atoms with van der Waals surface area (Å²) in [6, 6.07) is 11.5. The number of hydrogen-bond donors (Lipinski definition) is 2. The third-order valence-corrected chi connectivity index (χ3v) is 5.44. The Morgan fingerprint density at radius 3 is 2.52 bits per heavy atom. The van der Waals surface area contributed by atoms with Crippen molar-refractivity contribution >= 4 is 36.7 Å². The summed E-state index contributed by atoms with van der Waals surface area (Å²) in [5.74, 6) is 0.0887. The van der Waals surface area contributed by atoms with Gasteiger partial charge >= 0.3 is 0 Å². The molecular weight excluding hydrogens is 308 g/mol. The Labute approximate surface area is 125 Å². The molecule has 3 aromatic rings. The summed E-state index contributed by atoms with van der Waals surface area (Å²) in [7, 11) is -3.67. The minimum absolute atomic E-state index is 0.0887. The number of phenols is 1. The number of phenolic OH excluding ortho intramolecular Hbond substituents is 1. The third-order valence-electron chi connectivity index (χ3n) is 2.95. The van der Waals surface area contributed by atoms with E-state index in [9.17, 15) is 13.5 Å². The zero-order valence-electron chi connectivity index (χ0n) is 11.1. The Bertz CT molecular complexity index is 900. The maximum absolute atomic E-state index is 12.3. The fourth-order valence-electron chi connectivity index (χ4n) is 1.87. The summed E-state index contributed by atoms with van der Waals surface area (Å²) in [5, 5.41) is 9.95. The van der Waals surface area contributed by atoms with Crippen LogP contribution in [0.5, 0.6) is 5.75 Å². The molecule has 7 heteroatoms. The highest BCUT2D eigenvalue weighted by Crippen LogP contribution is 2.33. The first-order valence-corrected chi connectivity index (χ1v) is 8.44. The molecule has 5 nitrogen and oxygen atoms in total. The Kier molecular flexibility index (Phi) is 3.30. The van der Waals surface area contributed by atoms with Crippen molar-refractivity contribution in [2.45, 2.75) is 11.8 Å². The first kappa shape index (κ1) is 13.8. The zero-order chi connectivity index (χ0) is 15.0. The predicted molar refractivity (Wildman–Crippen MR) is 83.3 cm³/mol. The summed E-state index contributed by atoms with van der Waals surface area (Å²) >= 11 is 1.10. The van der Waals surface area contributed by atoms with Gasteiger partial charge in [0.25, 0.3) is 10.0 Å². The highest BCUT2D eigenvalue weighted by atomic mass is 32.2. The van der Waals surface area contributed by atoms with Gasteiger partial charge in [-0.2, -0.15) is 0 Å². The number of aromatic hydroxyl groups is 1. The van der Waals surface area contributed by atoms with Crippen LogP contribution in [-0.4, -0.2) is 18.5 Å². The third kappa shape index (κ3) is 2.70. The van der Waals surface area contributed by atoms with Gasteiger partial charge in [-0.3, -0.25) is 4.72 Å². The maximum atomic E-state index is 12.3. The van der Waals surface area contributed by atoms with Crippen LogP contribution < -0.4 is 4.72 Å². The maximum Gasteiger partial charge on any atom is 0.263 e. The predicted octanol–water partition coefficient (Wildman–Crippen LogP) is 3.11. The number of anilines is 1. The number of fused-ring (bicyclic) bond motifs is 1.